The zero-order valence-electron chi connectivity index (χ0n) is 20.8. The van der Waals surface area contributed by atoms with Crippen molar-refractivity contribution in [2.75, 3.05) is 32.1 Å². The summed E-state index contributed by atoms with van der Waals surface area (Å²) >= 11 is 0. The van der Waals surface area contributed by atoms with E-state index >= 15 is 0 Å². The van der Waals surface area contributed by atoms with E-state index in [-0.39, 0.29) is 36.1 Å². The Balaban J connectivity index is 1.35. The van der Waals surface area contributed by atoms with Crippen LogP contribution in [-0.2, 0) is 9.53 Å². The van der Waals surface area contributed by atoms with Crippen LogP contribution >= 0.6 is 0 Å². The Labute approximate surface area is 207 Å². The van der Waals surface area contributed by atoms with E-state index in [0.29, 0.717) is 48.9 Å². The molecule has 2 heterocycles. The largest absolute Gasteiger partial charge is 0.490 e. The fraction of sp³-hybridized carbons (Fsp3) is 0.654. The lowest BCUT2D eigenvalue weighted by Gasteiger charge is -2.42. The number of carbonyl (C=O) groups excluding carboxylic acids is 3. The minimum atomic E-state index is -0.324. The van der Waals surface area contributed by atoms with Gasteiger partial charge in [0.1, 0.15) is 18.5 Å². The molecule has 1 saturated carbocycles. The van der Waals surface area contributed by atoms with Crippen LogP contribution in [0.3, 0.4) is 0 Å². The number of nitrogens with zero attached hydrogens (tertiary/aromatic N) is 1. The Hall–Kier alpha value is -2.81. The molecule has 192 valence electrons. The van der Waals surface area contributed by atoms with Gasteiger partial charge in [-0.2, -0.15) is 0 Å². The zero-order valence-corrected chi connectivity index (χ0v) is 20.8. The van der Waals surface area contributed by atoms with Gasteiger partial charge in [0.15, 0.2) is 0 Å². The fourth-order valence-corrected chi connectivity index (χ4v) is 5.37. The van der Waals surface area contributed by atoms with Crippen LogP contribution in [0.15, 0.2) is 18.2 Å². The lowest BCUT2D eigenvalue weighted by atomic mass is 9.89. The highest BCUT2D eigenvalue weighted by Crippen LogP contribution is 2.32. The number of anilines is 1. The van der Waals surface area contributed by atoms with E-state index in [1.165, 1.54) is 32.1 Å². The van der Waals surface area contributed by atoms with Crippen molar-refractivity contribution in [2.45, 2.75) is 76.5 Å². The average molecular weight is 487 g/mol. The normalized spacial score (nSPS) is 24.8. The molecule has 3 atom stereocenters. The summed E-state index contributed by atoms with van der Waals surface area (Å²) in [5.41, 5.74) is 0.931. The van der Waals surface area contributed by atoms with E-state index in [1.54, 1.807) is 30.1 Å². The molecule has 9 nitrogen and oxygen atoms in total. The van der Waals surface area contributed by atoms with E-state index in [2.05, 4.69) is 16.0 Å². The van der Waals surface area contributed by atoms with Gasteiger partial charge in [0.25, 0.3) is 5.91 Å². The summed E-state index contributed by atoms with van der Waals surface area (Å²) in [7, 11) is 1.78. The van der Waals surface area contributed by atoms with Gasteiger partial charge >= 0.3 is 6.03 Å². The Morgan fingerprint density at radius 2 is 1.89 bits per heavy atom. The maximum atomic E-state index is 13.3. The molecule has 0 spiro atoms. The molecule has 1 aliphatic carbocycles. The Morgan fingerprint density at radius 3 is 2.66 bits per heavy atom. The van der Waals surface area contributed by atoms with E-state index in [4.69, 9.17) is 9.47 Å². The SMILES string of the molecule is CCNC(=O)Nc1ccc2c(c1)C(=O)N(C)[C@H]1CC[C@@H](CC(=O)NCC3CCCCC3)O[C@@H]1CO2. The molecular weight excluding hydrogens is 448 g/mol. The van der Waals surface area contributed by atoms with Crippen LogP contribution in [0.25, 0.3) is 0 Å². The molecule has 2 aliphatic heterocycles. The molecule has 0 aromatic heterocycles. The van der Waals surface area contributed by atoms with Gasteiger partial charge in [0.2, 0.25) is 5.91 Å². The number of hydrogen-bond acceptors (Lipinski definition) is 5. The number of benzene rings is 1. The van der Waals surface area contributed by atoms with Gasteiger partial charge in [0, 0.05) is 25.8 Å². The molecule has 35 heavy (non-hydrogen) atoms. The molecular formula is C26H38N4O5. The Kier molecular flexibility index (Phi) is 8.49. The van der Waals surface area contributed by atoms with E-state index in [0.717, 1.165) is 13.0 Å². The third kappa shape index (κ3) is 6.45. The van der Waals surface area contributed by atoms with Crippen LogP contribution < -0.4 is 20.7 Å². The van der Waals surface area contributed by atoms with Crippen molar-refractivity contribution in [1.29, 1.82) is 0 Å². The third-order valence-corrected chi connectivity index (χ3v) is 7.33. The molecule has 1 saturated heterocycles. The molecule has 3 N–H and O–H groups in total. The minimum Gasteiger partial charge on any atom is -0.490 e. The Morgan fingerprint density at radius 1 is 1.09 bits per heavy atom. The van der Waals surface area contributed by atoms with Crippen molar-refractivity contribution >= 4 is 23.5 Å². The number of carbonyl (C=O) groups is 3. The van der Waals surface area contributed by atoms with Crippen LogP contribution in [-0.4, -0.2) is 67.7 Å². The highest BCUT2D eigenvalue weighted by atomic mass is 16.5. The number of urea groups is 1. The van der Waals surface area contributed by atoms with Crippen molar-refractivity contribution in [3.05, 3.63) is 23.8 Å². The summed E-state index contributed by atoms with van der Waals surface area (Å²) in [6.07, 6.45) is 7.52. The molecule has 1 aromatic carbocycles. The number of fused-ring (bicyclic) bond motifs is 2. The molecule has 2 fully saturated rings. The quantitative estimate of drug-likeness (QED) is 0.572. The maximum Gasteiger partial charge on any atom is 0.319 e. The average Bonchev–Trinajstić information content (AvgIpc) is 2.86. The number of likely N-dealkylation sites (N-methyl/N-ethyl adjacent to an activating group) is 1. The first kappa shape index (κ1) is 25.3. The van der Waals surface area contributed by atoms with E-state index < -0.39 is 0 Å². The molecule has 0 bridgehead atoms. The number of hydrogen-bond donors (Lipinski definition) is 3. The van der Waals surface area contributed by atoms with E-state index in [9.17, 15) is 14.4 Å². The fourth-order valence-electron chi connectivity index (χ4n) is 5.37. The predicted octanol–water partition coefficient (Wildman–Crippen LogP) is 3.30. The van der Waals surface area contributed by atoms with Crippen LogP contribution in [0.1, 0.15) is 68.6 Å². The van der Waals surface area contributed by atoms with Crippen molar-refractivity contribution in [3.8, 4) is 5.75 Å². The minimum absolute atomic E-state index is 0.0349. The summed E-state index contributed by atoms with van der Waals surface area (Å²) in [5, 5.41) is 8.51. The van der Waals surface area contributed by atoms with Gasteiger partial charge in [-0.25, -0.2) is 4.79 Å². The maximum absolute atomic E-state index is 13.3. The number of ether oxygens (including phenoxy) is 2. The highest BCUT2D eigenvalue weighted by Gasteiger charge is 2.39. The van der Waals surface area contributed by atoms with Gasteiger partial charge in [-0.15, -0.1) is 0 Å². The summed E-state index contributed by atoms with van der Waals surface area (Å²) in [5.74, 6) is 0.909. The second-order valence-corrected chi connectivity index (χ2v) is 9.88. The Bertz CT molecular complexity index is 917. The van der Waals surface area contributed by atoms with Crippen LogP contribution in [0, 0.1) is 5.92 Å². The van der Waals surface area contributed by atoms with Gasteiger partial charge in [0.05, 0.1) is 24.1 Å². The van der Waals surface area contributed by atoms with Crippen LogP contribution in [0.2, 0.25) is 0 Å². The lowest BCUT2D eigenvalue weighted by Crippen LogP contribution is -2.54. The molecule has 1 aromatic rings. The summed E-state index contributed by atoms with van der Waals surface area (Å²) < 4.78 is 12.3. The smallest absolute Gasteiger partial charge is 0.319 e. The second-order valence-electron chi connectivity index (χ2n) is 9.88. The predicted molar refractivity (Wildman–Crippen MR) is 133 cm³/mol. The molecule has 3 aliphatic rings. The van der Waals surface area contributed by atoms with Crippen LogP contribution in [0.4, 0.5) is 10.5 Å². The molecule has 0 unspecified atom stereocenters. The topological polar surface area (TPSA) is 109 Å². The summed E-state index contributed by atoms with van der Waals surface area (Å²) in [4.78, 5) is 39.4. The van der Waals surface area contributed by atoms with Gasteiger partial charge in [-0.3, -0.25) is 9.59 Å². The zero-order chi connectivity index (χ0) is 24.8. The highest BCUT2D eigenvalue weighted by molar-refractivity contribution is 5.99. The summed E-state index contributed by atoms with van der Waals surface area (Å²) in [6.45, 7) is 3.39. The first-order valence-electron chi connectivity index (χ1n) is 13.0. The standard InChI is InChI=1S/C26H38N4O5/c1-3-27-26(33)29-18-9-12-22-20(13-18)25(32)30(2)21-11-10-19(35-23(21)16-34-22)14-24(31)28-15-17-7-5-4-6-8-17/h9,12-13,17,19,21,23H,3-8,10-11,14-16H2,1-2H3,(H,28,31)(H2,27,29,33)/t19-,21-,23+/m0/s1. The van der Waals surface area contributed by atoms with Gasteiger partial charge in [-0.1, -0.05) is 19.3 Å². The molecule has 9 heteroatoms. The number of amides is 4. The van der Waals surface area contributed by atoms with Crippen molar-refractivity contribution in [1.82, 2.24) is 15.5 Å². The number of rotatable bonds is 6. The van der Waals surface area contributed by atoms with Gasteiger partial charge in [-0.05, 0) is 56.7 Å². The van der Waals surface area contributed by atoms with Crippen molar-refractivity contribution in [3.63, 3.8) is 0 Å². The van der Waals surface area contributed by atoms with Crippen molar-refractivity contribution < 1.29 is 23.9 Å². The van der Waals surface area contributed by atoms with Crippen LogP contribution in [0.5, 0.6) is 5.75 Å². The molecule has 0 radical (unpaired) electrons. The van der Waals surface area contributed by atoms with E-state index in [1.807, 2.05) is 6.92 Å². The molecule has 4 rings (SSSR count). The van der Waals surface area contributed by atoms with Gasteiger partial charge < -0.3 is 30.3 Å². The number of nitrogens with one attached hydrogen (secondary N) is 3. The van der Waals surface area contributed by atoms with Crippen molar-refractivity contribution in [2.24, 2.45) is 5.92 Å². The third-order valence-electron chi connectivity index (χ3n) is 7.33. The molecule has 4 amide bonds. The first-order chi connectivity index (χ1) is 16.9. The monoisotopic (exact) mass is 486 g/mol. The first-order valence-corrected chi connectivity index (χ1v) is 13.0. The summed E-state index contributed by atoms with van der Waals surface area (Å²) in [6, 6.07) is 4.59. The second kappa shape index (κ2) is 11.7. The lowest BCUT2D eigenvalue weighted by molar-refractivity contribution is -0.134.